The van der Waals surface area contributed by atoms with Crippen LogP contribution in [0.3, 0.4) is 0 Å². The van der Waals surface area contributed by atoms with Crippen LogP contribution in [0.25, 0.3) is 0 Å². The highest BCUT2D eigenvalue weighted by Crippen LogP contribution is 2.31. The van der Waals surface area contributed by atoms with Crippen molar-refractivity contribution in [2.45, 2.75) is 44.2 Å². The number of likely N-dealkylation sites (N-methyl/N-ethyl adjacent to an activating group) is 1. The monoisotopic (exact) mass is 280 g/mol. The molecule has 0 spiro atoms. The van der Waals surface area contributed by atoms with Crippen LogP contribution in [0, 0.1) is 5.82 Å². The molecule has 5 heteroatoms. The van der Waals surface area contributed by atoms with Crippen LogP contribution in [0.4, 0.5) is 4.39 Å². The van der Waals surface area contributed by atoms with Crippen LogP contribution in [-0.4, -0.2) is 24.1 Å². The molecule has 110 valence electrons. The molecule has 1 fully saturated rings. The number of amides is 1. The van der Waals surface area contributed by atoms with Crippen LogP contribution in [0.5, 0.6) is 5.75 Å². The first-order chi connectivity index (χ1) is 9.55. The molecule has 4 nitrogen and oxygen atoms in total. The van der Waals surface area contributed by atoms with E-state index in [0.717, 1.165) is 19.3 Å². The van der Waals surface area contributed by atoms with Gasteiger partial charge in [0.05, 0.1) is 0 Å². The molecule has 0 aromatic heterocycles. The first-order valence-corrected chi connectivity index (χ1v) is 7.03. The first-order valence-electron chi connectivity index (χ1n) is 7.03. The van der Waals surface area contributed by atoms with Gasteiger partial charge in [-0.15, -0.1) is 0 Å². The Labute approximate surface area is 118 Å². The summed E-state index contributed by atoms with van der Waals surface area (Å²) in [6.45, 7) is 2.62. The lowest BCUT2D eigenvalue weighted by atomic mass is 9.79. The SMILES string of the molecule is CCNC1(C(N)=O)CCCC(Oc2cccc(F)c2)C1. The molecule has 0 aliphatic heterocycles. The van der Waals surface area contributed by atoms with Gasteiger partial charge < -0.3 is 15.8 Å². The molecule has 1 saturated carbocycles. The summed E-state index contributed by atoms with van der Waals surface area (Å²) in [5.41, 5.74) is 4.85. The molecule has 2 unspecified atom stereocenters. The molecule has 2 rings (SSSR count). The number of hydrogen-bond acceptors (Lipinski definition) is 3. The predicted molar refractivity (Wildman–Crippen MR) is 74.9 cm³/mol. The average molecular weight is 280 g/mol. The van der Waals surface area contributed by atoms with E-state index < -0.39 is 5.54 Å². The zero-order valence-electron chi connectivity index (χ0n) is 11.7. The van der Waals surface area contributed by atoms with E-state index in [-0.39, 0.29) is 17.8 Å². The van der Waals surface area contributed by atoms with Crippen molar-refractivity contribution >= 4 is 5.91 Å². The molecule has 1 aliphatic carbocycles. The fourth-order valence-corrected chi connectivity index (χ4v) is 2.87. The summed E-state index contributed by atoms with van der Waals surface area (Å²) in [4.78, 5) is 11.8. The molecule has 0 bridgehead atoms. The normalized spacial score (nSPS) is 26.2. The number of halogens is 1. The van der Waals surface area contributed by atoms with Gasteiger partial charge in [0.25, 0.3) is 0 Å². The van der Waals surface area contributed by atoms with E-state index in [0.29, 0.717) is 18.7 Å². The Morgan fingerprint density at radius 3 is 3.05 bits per heavy atom. The number of hydrogen-bond donors (Lipinski definition) is 2. The lowest BCUT2D eigenvalue weighted by Gasteiger charge is -2.39. The van der Waals surface area contributed by atoms with Crippen LogP contribution >= 0.6 is 0 Å². The van der Waals surface area contributed by atoms with Gasteiger partial charge in [0, 0.05) is 12.5 Å². The Kier molecular flexibility index (Phi) is 4.60. The van der Waals surface area contributed by atoms with Crippen LogP contribution in [-0.2, 0) is 4.79 Å². The third-order valence-electron chi connectivity index (χ3n) is 3.79. The summed E-state index contributed by atoms with van der Waals surface area (Å²) < 4.78 is 19.0. The van der Waals surface area contributed by atoms with Crippen molar-refractivity contribution < 1.29 is 13.9 Å². The van der Waals surface area contributed by atoms with Crippen molar-refractivity contribution in [1.82, 2.24) is 5.32 Å². The van der Waals surface area contributed by atoms with E-state index in [4.69, 9.17) is 10.5 Å². The zero-order valence-corrected chi connectivity index (χ0v) is 11.7. The Balaban J connectivity index is 2.08. The number of carbonyl (C=O) groups is 1. The van der Waals surface area contributed by atoms with Crippen LogP contribution in [0.2, 0.25) is 0 Å². The fourth-order valence-electron chi connectivity index (χ4n) is 2.87. The number of nitrogens with one attached hydrogen (secondary N) is 1. The van der Waals surface area contributed by atoms with E-state index in [1.165, 1.54) is 12.1 Å². The summed E-state index contributed by atoms with van der Waals surface area (Å²) in [7, 11) is 0. The maximum absolute atomic E-state index is 13.2. The van der Waals surface area contributed by atoms with Gasteiger partial charge in [-0.05, 0) is 37.9 Å². The van der Waals surface area contributed by atoms with Crippen LogP contribution in [0.1, 0.15) is 32.6 Å². The van der Waals surface area contributed by atoms with Gasteiger partial charge in [0.1, 0.15) is 23.2 Å². The maximum Gasteiger partial charge on any atom is 0.237 e. The van der Waals surface area contributed by atoms with Gasteiger partial charge in [0.2, 0.25) is 5.91 Å². The van der Waals surface area contributed by atoms with E-state index in [2.05, 4.69) is 5.32 Å². The van der Waals surface area contributed by atoms with Gasteiger partial charge in [-0.3, -0.25) is 4.79 Å². The van der Waals surface area contributed by atoms with E-state index >= 15 is 0 Å². The first kappa shape index (κ1) is 14.8. The Hall–Kier alpha value is -1.62. The maximum atomic E-state index is 13.2. The summed E-state index contributed by atoms with van der Waals surface area (Å²) in [5, 5.41) is 3.20. The van der Waals surface area contributed by atoms with E-state index in [1.54, 1.807) is 12.1 Å². The highest BCUT2D eigenvalue weighted by atomic mass is 19.1. The van der Waals surface area contributed by atoms with Crippen LogP contribution < -0.4 is 15.8 Å². The Morgan fingerprint density at radius 1 is 1.60 bits per heavy atom. The Bertz CT molecular complexity index is 477. The van der Waals surface area contributed by atoms with Gasteiger partial charge >= 0.3 is 0 Å². The molecule has 0 heterocycles. The second kappa shape index (κ2) is 6.22. The quantitative estimate of drug-likeness (QED) is 0.867. The number of carbonyl (C=O) groups excluding carboxylic acids is 1. The van der Waals surface area contributed by atoms with Crippen molar-refractivity contribution in [2.75, 3.05) is 6.54 Å². The predicted octanol–water partition coefficient (Wildman–Crippen LogP) is 1.98. The molecule has 2 atom stereocenters. The summed E-state index contributed by atoms with van der Waals surface area (Å²) in [6.07, 6.45) is 2.82. The van der Waals surface area contributed by atoms with Crippen LogP contribution in [0.15, 0.2) is 24.3 Å². The smallest absolute Gasteiger partial charge is 0.237 e. The van der Waals surface area contributed by atoms with E-state index in [9.17, 15) is 9.18 Å². The van der Waals surface area contributed by atoms with Crippen molar-refractivity contribution in [1.29, 1.82) is 0 Å². The Morgan fingerprint density at radius 2 is 2.40 bits per heavy atom. The average Bonchev–Trinajstić information content (AvgIpc) is 2.39. The zero-order chi connectivity index (χ0) is 14.6. The minimum atomic E-state index is -0.703. The van der Waals surface area contributed by atoms with Crippen molar-refractivity contribution in [2.24, 2.45) is 5.73 Å². The molecule has 1 aromatic carbocycles. The third kappa shape index (κ3) is 3.28. The summed E-state index contributed by atoms with van der Waals surface area (Å²) >= 11 is 0. The molecular formula is C15H21FN2O2. The van der Waals surface area contributed by atoms with Gasteiger partial charge in [-0.2, -0.15) is 0 Å². The molecule has 1 aromatic rings. The number of ether oxygens (including phenoxy) is 1. The fraction of sp³-hybridized carbons (Fsp3) is 0.533. The van der Waals surface area contributed by atoms with E-state index in [1.807, 2.05) is 6.92 Å². The third-order valence-corrected chi connectivity index (χ3v) is 3.79. The lowest BCUT2D eigenvalue weighted by Crippen LogP contribution is -2.59. The summed E-state index contributed by atoms with van der Waals surface area (Å²) in [6, 6.07) is 6.06. The lowest BCUT2D eigenvalue weighted by molar-refractivity contribution is -0.127. The number of rotatable bonds is 5. The minimum absolute atomic E-state index is 0.128. The van der Waals surface area contributed by atoms with Crippen molar-refractivity contribution in [3.8, 4) is 5.75 Å². The standard InChI is InChI=1S/C15H21FN2O2/c1-2-18-15(14(17)19)8-4-7-13(10-15)20-12-6-3-5-11(16)9-12/h3,5-6,9,13,18H,2,4,7-8,10H2,1H3,(H2,17,19). The van der Waals surface area contributed by atoms with Gasteiger partial charge in [-0.25, -0.2) is 4.39 Å². The van der Waals surface area contributed by atoms with Crippen molar-refractivity contribution in [3.05, 3.63) is 30.1 Å². The van der Waals surface area contributed by atoms with Gasteiger partial charge in [-0.1, -0.05) is 13.0 Å². The molecule has 0 saturated heterocycles. The largest absolute Gasteiger partial charge is 0.490 e. The van der Waals surface area contributed by atoms with Gasteiger partial charge in [0.15, 0.2) is 0 Å². The number of benzene rings is 1. The highest BCUT2D eigenvalue weighted by Gasteiger charge is 2.41. The highest BCUT2D eigenvalue weighted by molar-refractivity contribution is 5.84. The molecule has 1 aliphatic rings. The molecule has 20 heavy (non-hydrogen) atoms. The summed E-state index contributed by atoms with van der Waals surface area (Å²) in [5.74, 6) is -0.176. The molecule has 3 N–H and O–H groups in total. The van der Waals surface area contributed by atoms with Crippen molar-refractivity contribution in [3.63, 3.8) is 0 Å². The number of nitrogens with two attached hydrogens (primary N) is 1. The molecule has 0 radical (unpaired) electrons. The second-order valence-corrected chi connectivity index (χ2v) is 5.27. The number of primary amides is 1. The topological polar surface area (TPSA) is 64.3 Å². The minimum Gasteiger partial charge on any atom is -0.490 e. The molecule has 1 amide bonds. The second-order valence-electron chi connectivity index (χ2n) is 5.27. The molecular weight excluding hydrogens is 259 g/mol.